The highest BCUT2D eigenvalue weighted by atomic mass is 16.5. The summed E-state index contributed by atoms with van der Waals surface area (Å²) in [6, 6.07) is 21.6. The van der Waals surface area contributed by atoms with Crippen LogP contribution < -0.4 is 20.7 Å². The van der Waals surface area contributed by atoms with Crippen LogP contribution in [-0.4, -0.2) is 82.6 Å². The molecule has 6 rings (SSSR count). The molecule has 3 atom stereocenters. The lowest BCUT2D eigenvalue weighted by atomic mass is 9.52. The van der Waals surface area contributed by atoms with Gasteiger partial charge in [-0.2, -0.15) is 0 Å². The van der Waals surface area contributed by atoms with Crippen molar-refractivity contribution in [3.63, 3.8) is 0 Å². The number of benzene rings is 3. The van der Waals surface area contributed by atoms with E-state index in [2.05, 4.69) is 48.6 Å². The average molecular weight is 819 g/mol. The fourth-order valence-electron chi connectivity index (χ4n) is 9.14. The monoisotopic (exact) mass is 818 g/mol. The Morgan fingerprint density at radius 1 is 0.867 bits per heavy atom. The van der Waals surface area contributed by atoms with Crippen LogP contribution in [0.25, 0.3) is 16.8 Å². The van der Waals surface area contributed by atoms with Gasteiger partial charge in [-0.05, 0) is 102 Å². The van der Waals surface area contributed by atoms with Crippen LogP contribution in [-0.2, 0) is 19.1 Å². The van der Waals surface area contributed by atoms with Crippen LogP contribution in [0, 0.1) is 23.2 Å². The van der Waals surface area contributed by atoms with Crippen LogP contribution in [0.3, 0.4) is 0 Å². The van der Waals surface area contributed by atoms with Crippen molar-refractivity contribution in [3.05, 3.63) is 102 Å². The van der Waals surface area contributed by atoms with Crippen molar-refractivity contribution in [3.8, 4) is 22.6 Å². The molecular weight excluding hydrogens is 757 g/mol. The third kappa shape index (κ3) is 10.3. The Kier molecular flexibility index (Phi) is 13.2. The smallest absolute Gasteiger partial charge is 0.251 e. The normalized spacial score (nSPS) is 18.2. The Bertz CT molecular complexity index is 2120. The second-order valence-electron chi connectivity index (χ2n) is 18.8. The summed E-state index contributed by atoms with van der Waals surface area (Å²) in [5, 5.41) is 9.23. The number of imidazole rings is 1. The van der Waals surface area contributed by atoms with E-state index in [1.54, 1.807) is 11.1 Å². The van der Waals surface area contributed by atoms with E-state index in [9.17, 15) is 19.2 Å². The maximum absolute atomic E-state index is 14.0. The van der Waals surface area contributed by atoms with E-state index in [4.69, 9.17) is 9.47 Å². The Morgan fingerprint density at radius 3 is 2.08 bits per heavy atom. The van der Waals surface area contributed by atoms with E-state index in [1.165, 1.54) is 0 Å². The van der Waals surface area contributed by atoms with E-state index >= 15 is 0 Å². The predicted octanol–water partition coefficient (Wildman–Crippen LogP) is 7.20. The first-order chi connectivity index (χ1) is 28.3. The summed E-state index contributed by atoms with van der Waals surface area (Å²) in [6.07, 6.45) is 5.98. The molecular formula is C48H62N6O6. The number of nitrogens with one attached hydrogen (secondary N) is 3. The lowest BCUT2D eigenvalue weighted by Crippen LogP contribution is -2.63. The summed E-state index contributed by atoms with van der Waals surface area (Å²) in [7, 11) is 0. The molecule has 3 N–H and O–H groups in total. The van der Waals surface area contributed by atoms with Gasteiger partial charge >= 0.3 is 0 Å². The number of hydrogen-bond acceptors (Lipinski definition) is 7. The first kappa shape index (κ1) is 44.1. The molecule has 2 heterocycles. The molecule has 1 aliphatic carbocycles. The molecule has 12 heteroatoms. The largest absolute Gasteiger partial charge is 0.491 e. The Hall–Kier alpha value is -5.49. The van der Waals surface area contributed by atoms with Crippen molar-refractivity contribution in [1.29, 1.82) is 0 Å². The van der Waals surface area contributed by atoms with Gasteiger partial charge in [-0.25, -0.2) is 4.98 Å². The lowest BCUT2D eigenvalue weighted by Gasteiger charge is -2.57. The van der Waals surface area contributed by atoms with Crippen LogP contribution in [0.15, 0.2) is 85.2 Å². The van der Waals surface area contributed by atoms with Crippen molar-refractivity contribution < 1.29 is 28.7 Å². The number of aryl methyl sites for hydroxylation is 1. The molecule has 0 radical (unpaired) electrons. The second kappa shape index (κ2) is 18.0. The number of carbonyl (C=O) groups is 4. The molecule has 3 aromatic carbocycles. The molecule has 1 saturated heterocycles. The number of ether oxygens (including phenoxy) is 2. The SMILES string of the molecule is Cc1nccn1-c1ccc([C@H](C)NC(=O)[C@@H]2CCCN2C(=O)C(NC(=O)COCCOc2ccc(-c3ccc(C(=O)NC4C(C)(C)CC4(C)C)cc3)cc2)C(C)(C)C)cc1. The summed E-state index contributed by atoms with van der Waals surface area (Å²) in [5.41, 5.74) is 4.09. The molecule has 12 nitrogen and oxygen atoms in total. The highest BCUT2D eigenvalue weighted by Crippen LogP contribution is 2.53. The first-order valence-corrected chi connectivity index (χ1v) is 21.1. The van der Waals surface area contributed by atoms with Crippen LogP contribution in [0.2, 0.25) is 0 Å². The zero-order chi connectivity index (χ0) is 43.4. The van der Waals surface area contributed by atoms with Gasteiger partial charge in [0.05, 0.1) is 12.6 Å². The van der Waals surface area contributed by atoms with E-state index < -0.39 is 23.4 Å². The molecule has 1 unspecified atom stereocenters. The van der Waals surface area contributed by atoms with Crippen molar-refractivity contribution in [2.24, 2.45) is 16.2 Å². The predicted molar refractivity (Wildman–Crippen MR) is 233 cm³/mol. The Balaban J connectivity index is 0.935. The molecule has 0 spiro atoms. The number of rotatable bonds is 15. The zero-order valence-electron chi connectivity index (χ0n) is 36.6. The number of likely N-dealkylation sites (tertiary alicyclic amines) is 1. The highest BCUT2D eigenvalue weighted by molar-refractivity contribution is 5.95. The van der Waals surface area contributed by atoms with Crippen LogP contribution in [0.5, 0.6) is 5.75 Å². The fraction of sp³-hybridized carbons (Fsp3) is 0.479. The van der Waals surface area contributed by atoms with Gasteiger partial charge in [0, 0.05) is 36.2 Å². The highest BCUT2D eigenvalue weighted by Gasteiger charge is 2.53. The molecule has 2 fully saturated rings. The van der Waals surface area contributed by atoms with Gasteiger partial charge in [0.15, 0.2) is 0 Å². The Labute approximate surface area is 354 Å². The van der Waals surface area contributed by atoms with Crippen molar-refractivity contribution in [1.82, 2.24) is 30.4 Å². The summed E-state index contributed by atoms with van der Waals surface area (Å²) in [4.78, 5) is 59.5. The minimum absolute atomic E-state index is 0.0540. The summed E-state index contributed by atoms with van der Waals surface area (Å²) < 4.78 is 13.5. The third-order valence-corrected chi connectivity index (χ3v) is 11.9. The molecule has 4 amide bonds. The topological polar surface area (TPSA) is 144 Å². The number of hydrogen-bond donors (Lipinski definition) is 3. The van der Waals surface area contributed by atoms with Crippen molar-refractivity contribution in [2.75, 3.05) is 26.4 Å². The Morgan fingerprint density at radius 2 is 1.50 bits per heavy atom. The number of nitrogens with zero attached hydrogens (tertiary/aromatic N) is 3. The second-order valence-corrected chi connectivity index (χ2v) is 18.8. The van der Waals surface area contributed by atoms with E-state index in [0.29, 0.717) is 30.7 Å². The molecule has 0 bridgehead atoms. The maximum Gasteiger partial charge on any atom is 0.251 e. The summed E-state index contributed by atoms with van der Waals surface area (Å²) in [6.45, 7) is 18.9. The third-order valence-electron chi connectivity index (χ3n) is 11.9. The molecule has 320 valence electrons. The van der Waals surface area contributed by atoms with Crippen molar-refractivity contribution >= 4 is 23.6 Å². The molecule has 1 saturated carbocycles. The number of amides is 4. The van der Waals surface area contributed by atoms with Gasteiger partial charge in [-0.15, -0.1) is 0 Å². The van der Waals surface area contributed by atoms with E-state index in [1.807, 2.05) is 118 Å². The van der Waals surface area contributed by atoms with Crippen molar-refractivity contribution in [2.45, 2.75) is 106 Å². The van der Waals surface area contributed by atoms with E-state index in [0.717, 1.165) is 34.6 Å². The maximum atomic E-state index is 14.0. The number of carbonyl (C=O) groups excluding carboxylic acids is 4. The zero-order valence-corrected chi connectivity index (χ0v) is 36.6. The summed E-state index contributed by atoms with van der Waals surface area (Å²) in [5.74, 6) is 0.566. The van der Waals surface area contributed by atoms with Gasteiger partial charge in [0.1, 0.15) is 36.9 Å². The molecule has 1 aliphatic heterocycles. The van der Waals surface area contributed by atoms with Gasteiger partial charge in [0.25, 0.3) is 5.91 Å². The minimum atomic E-state index is -0.853. The van der Waals surface area contributed by atoms with Crippen LogP contribution in [0.1, 0.15) is 102 Å². The standard InChI is InChI=1S/C48H62N6O6/c1-31(33-16-20-37(21-17-33)53-26-24-49-32(53)2)50-43(57)39-11-10-25-54(39)44(58)41(46(3,4)5)51-40(55)29-59-27-28-60-38-22-18-35(19-23-38)34-12-14-36(15-13-34)42(56)52-45-47(6,7)30-48(45,8)9/h12-24,26,31,39,41,45H,10-11,25,27-30H2,1-9H3,(H,50,57)(H,51,55)(H,52,56)/t31-,39-,41?/m0/s1. The molecule has 4 aromatic rings. The minimum Gasteiger partial charge on any atom is -0.491 e. The average Bonchev–Trinajstić information content (AvgIpc) is 3.88. The van der Waals surface area contributed by atoms with Gasteiger partial charge < -0.3 is 34.9 Å². The number of aromatic nitrogens is 2. The van der Waals surface area contributed by atoms with Gasteiger partial charge in [-0.3, -0.25) is 19.2 Å². The van der Waals surface area contributed by atoms with Crippen LogP contribution >= 0.6 is 0 Å². The fourth-order valence-corrected chi connectivity index (χ4v) is 9.14. The molecule has 2 aliphatic rings. The van der Waals surface area contributed by atoms with Crippen LogP contribution in [0.4, 0.5) is 0 Å². The first-order valence-electron chi connectivity index (χ1n) is 21.1. The quantitative estimate of drug-likeness (QED) is 0.108. The molecule has 1 aromatic heterocycles. The van der Waals surface area contributed by atoms with E-state index in [-0.39, 0.29) is 60.5 Å². The summed E-state index contributed by atoms with van der Waals surface area (Å²) >= 11 is 0. The van der Waals surface area contributed by atoms with Gasteiger partial charge in [0.2, 0.25) is 17.7 Å². The molecule has 60 heavy (non-hydrogen) atoms. The van der Waals surface area contributed by atoms with Gasteiger partial charge in [-0.1, -0.05) is 84.9 Å². The lowest BCUT2D eigenvalue weighted by molar-refractivity contribution is -0.144.